The molecule has 2 heterocycles. The van der Waals surface area contributed by atoms with Crippen molar-refractivity contribution in [3.63, 3.8) is 0 Å². The van der Waals surface area contributed by atoms with Crippen LogP contribution in [-0.4, -0.2) is 78.5 Å². The highest BCUT2D eigenvalue weighted by Gasteiger charge is 2.38. The van der Waals surface area contributed by atoms with E-state index in [2.05, 4.69) is 28.9 Å². The van der Waals surface area contributed by atoms with Crippen LogP contribution in [0.1, 0.15) is 38.2 Å². The molecule has 6 heteroatoms. The molecule has 3 aliphatic rings. The molecule has 0 radical (unpaired) electrons. The standard InChI is InChI=1S/C24H35N3O3/c1-19(16-25-12-14-30-15-13-25)27(17-20-6-3-2-4-7-20)24(29)22-8-5-11-26(18-22)23(28)21-9-10-21/h2-4,6-7,19,21-22H,5,8-18H2,1H3. The summed E-state index contributed by atoms with van der Waals surface area (Å²) in [5.41, 5.74) is 1.15. The minimum atomic E-state index is -0.0858. The second kappa shape index (κ2) is 9.92. The largest absolute Gasteiger partial charge is 0.379 e. The lowest BCUT2D eigenvalue weighted by molar-refractivity contribution is -0.143. The Bertz CT molecular complexity index is 716. The Morgan fingerprint density at radius 1 is 1.07 bits per heavy atom. The molecule has 6 nitrogen and oxygen atoms in total. The third-order valence-corrected chi connectivity index (χ3v) is 6.65. The van der Waals surface area contributed by atoms with E-state index in [0.717, 1.165) is 70.6 Å². The molecule has 2 aliphatic heterocycles. The third kappa shape index (κ3) is 5.41. The van der Waals surface area contributed by atoms with Crippen molar-refractivity contribution in [2.24, 2.45) is 11.8 Å². The first-order valence-corrected chi connectivity index (χ1v) is 11.5. The van der Waals surface area contributed by atoms with Crippen LogP contribution in [0, 0.1) is 11.8 Å². The van der Waals surface area contributed by atoms with Crippen LogP contribution in [0.25, 0.3) is 0 Å². The maximum absolute atomic E-state index is 13.7. The van der Waals surface area contributed by atoms with Gasteiger partial charge in [-0.3, -0.25) is 14.5 Å². The van der Waals surface area contributed by atoms with Gasteiger partial charge in [-0.25, -0.2) is 0 Å². The Morgan fingerprint density at radius 2 is 1.80 bits per heavy atom. The average Bonchev–Trinajstić information content (AvgIpc) is 3.63. The molecule has 2 amide bonds. The van der Waals surface area contributed by atoms with Crippen molar-refractivity contribution in [2.45, 2.75) is 45.2 Å². The number of nitrogens with zero attached hydrogens (tertiary/aromatic N) is 3. The summed E-state index contributed by atoms with van der Waals surface area (Å²) in [7, 11) is 0. The first-order valence-electron chi connectivity index (χ1n) is 11.5. The molecule has 3 fully saturated rings. The molecule has 1 saturated carbocycles. The molecule has 0 spiro atoms. The van der Waals surface area contributed by atoms with Crippen molar-refractivity contribution in [1.29, 1.82) is 0 Å². The van der Waals surface area contributed by atoms with Crippen LogP contribution in [0.3, 0.4) is 0 Å². The number of likely N-dealkylation sites (tertiary alicyclic amines) is 1. The predicted octanol–water partition coefficient (Wildman–Crippen LogP) is 2.38. The molecular weight excluding hydrogens is 378 g/mol. The SMILES string of the molecule is CC(CN1CCOCC1)N(Cc1ccccc1)C(=O)C1CCCN(C(=O)C2CC2)C1. The Labute approximate surface area is 180 Å². The molecule has 0 aromatic heterocycles. The van der Waals surface area contributed by atoms with E-state index >= 15 is 0 Å². The van der Waals surface area contributed by atoms with E-state index in [1.165, 1.54) is 0 Å². The fourth-order valence-electron chi connectivity index (χ4n) is 4.69. The van der Waals surface area contributed by atoms with Crippen LogP contribution in [0.2, 0.25) is 0 Å². The van der Waals surface area contributed by atoms with Crippen LogP contribution in [0.4, 0.5) is 0 Å². The van der Waals surface area contributed by atoms with E-state index in [0.29, 0.717) is 13.1 Å². The number of hydrogen-bond donors (Lipinski definition) is 0. The van der Waals surface area contributed by atoms with E-state index in [9.17, 15) is 9.59 Å². The molecule has 2 unspecified atom stereocenters. The Kier molecular flexibility index (Phi) is 7.05. The molecule has 30 heavy (non-hydrogen) atoms. The van der Waals surface area contributed by atoms with E-state index in [4.69, 9.17) is 4.74 Å². The van der Waals surface area contributed by atoms with E-state index < -0.39 is 0 Å². The minimum Gasteiger partial charge on any atom is -0.379 e. The molecule has 2 atom stereocenters. The minimum absolute atomic E-state index is 0.0858. The van der Waals surface area contributed by atoms with Gasteiger partial charge in [0.05, 0.1) is 19.1 Å². The zero-order chi connectivity index (χ0) is 20.9. The Hall–Kier alpha value is -1.92. The number of benzene rings is 1. The van der Waals surface area contributed by atoms with Crippen molar-refractivity contribution in [2.75, 3.05) is 45.9 Å². The highest BCUT2D eigenvalue weighted by Crippen LogP contribution is 2.33. The fourth-order valence-corrected chi connectivity index (χ4v) is 4.69. The zero-order valence-electron chi connectivity index (χ0n) is 18.2. The normalized spacial score (nSPS) is 23.8. The van der Waals surface area contributed by atoms with Gasteiger partial charge in [0.25, 0.3) is 0 Å². The third-order valence-electron chi connectivity index (χ3n) is 6.65. The van der Waals surface area contributed by atoms with Crippen molar-refractivity contribution >= 4 is 11.8 Å². The summed E-state index contributed by atoms with van der Waals surface area (Å²) >= 11 is 0. The predicted molar refractivity (Wildman–Crippen MR) is 116 cm³/mol. The molecule has 1 aromatic rings. The Balaban J connectivity index is 1.45. The van der Waals surface area contributed by atoms with Gasteiger partial charge in [-0.05, 0) is 38.2 Å². The van der Waals surface area contributed by atoms with Gasteiger partial charge in [0.1, 0.15) is 0 Å². The van der Waals surface area contributed by atoms with Gasteiger partial charge in [-0.15, -0.1) is 0 Å². The van der Waals surface area contributed by atoms with Gasteiger partial charge in [-0.2, -0.15) is 0 Å². The number of amides is 2. The van der Waals surface area contributed by atoms with Gasteiger partial charge in [0.15, 0.2) is 0 Å². The number of ether oxygens (including phenoxy) is 1. The summed E-state index contributed by atoms with van der Waals surface area (Å²) in [6, 6.07) is 10.4. The summed E-state index contributed by atoms with van der Waals surface area (Å²) in [6.45, 7) is 8.41. The number of morpholine rings is 1. The summed E-state index contributed by atoms with van der Waals surface area (Å²) in [4.78, 5) is 32.7. The lowest BCUT2D eigenvalue weighted by Crippen LogP contribution is -2.52. The first kappa shape index (κ1) is 21.3. The second-order valence-electron chi connectivity index (χ2n) is 9.11. The van der Waals surface area contributed by atoms with Crippen LogP contribution in [-0.2, 0) is 20.9 Å². The first-order chi connectivity index (χ1) is 14.6. The topological polar surface area (TPSA) is 53.1 Å². The molecule has 164 valence electrons. The van der Waals surface area contributed by atoms with Crippen molar-refractivity contribution < 1.29 is 14.3 Å². The monoisotopic (exact) mass is 413 g/mol. The van der Waals surface area contributed by atoms with Gasteiger partial charge in [0, 0.05) is 51.2 Å². The summed E-state index contributed by atoms with van der Waals surface area (Å²) < 4.78 is 5.48. The second-order valence-corrected chi connectivity index (χ2v) is 9.11. The highest BCUT2D eigenvalue weighted by atomic mass is 16.5. The number of carbonyl (C=O) groups excluding carboxylic acids is 2. The number of rotatable bonds is 7. The van der Waals surface area contributed by atoms with E-state index in [1.54, 1.807) is 0 Å². The molecule has 0 N–H and O–H groups in total. The molecule has 0 bridgehead atoms. The van der Waals surface area contributed by atoms with Crippen molar-refractivity contribution in [3.8, 4) is 0 Å². The lowest BCUT2D eigenvalue weighted by atomic mass is 9.95. The highest BCUT2D eigenvalue weighted by molar-refractivity contribution is 5.83. The Morgan fingerprint density at radius 3 is 2.50 bits per heavy atom. The van der Waals surface area contributed by atoms with Crippen LogP contribution in [0.15, 0.2) is 30.3 Å². The molecule has 4 rings (SSSR count). The number of piperidine rings is 1. The average molecular weight is 414 g/mol. The molecule has 1 aromatic carbocycles. The van der Waals surface area contributed by atoms with Crippen molar-refractivity contribution in [3.05, 3.63) is 35.9 Å². The molecule has 1 aliphatic carbocycles. The molecular formula is C24H35N3O3. The number of hydrogen-bond acceptors (Lipinski definition) is 4. The van der Waals surface area contributed by atoms with E-state index in [1.807, 2.05) is 23.1 Å². The van der Waals surface area contributed by atoms with Crippen LogP contribution < -0.4 is 0 Å². The molecule has 2 saturated heterocycles. The van der Waals surface area contributed by atoms with Gasteiger partial charge in [0.2, 0.25) is 11.8 Å². The smallest absolute Gasteiger partial charge is 0.228 e. The summed E-state index contributed by atoms with van der Waals surface area (Å²) in [5, 5.41) is 0. The summed E-state index contributed by atoms with van der Waals surface area (Å²) in [6.07, 6.45) is 3.84. The van der Waals surface area contributed by atoms with Crippen LogP contribution in [0.5, 0.6) is 0 Å². The maximum Gasteiger partial charge on any atom is 0.228 e. The van der Waals surface area contributed by atoms with Gasteiger partial charge in [-0.1, -0.05) is 30.3 Å². The van der Waals surface area contributed by atoms with Crippen LogP contribution >= 0.6 is 0 Å². The van der Waals surface area contributed by atoms with Gasteiger partial charge >= 0.3 is 0 Å². The van der Waals surface area contributed by atoms with Gasteiger partial charge < -0.3 is 14.5 Å². The maximum atomic E-state index is 13.7. The van der Waals surface area contributed by atoms with Crippen molar-refractivity contribution in [1.82, 2.24) is 14.7 Å². The lowest BCUT2D eigenvalue weighted by Gasteiger charge is -2.39. The quantitative estimate of drug-likeness (QED) is 0.689. The van der Waals surface area contributed by atoms with E-state index in [-0.39, 0.29) is 29.7 Å². The number of carbonyl (C=O) groups is 2. The summed E-state index contributed by atoms with van der Waals surface area (Å²) in [5.74, 6) is 0.605. The fraction of sp³-hybridized carbons (Fsp3) is 0.667. The zero-order valence-corrected chi connectivity index (χ0v) is 18.2.